The lowest BCUT2D eigenvalue weighted by atomic mass is 9.83. The predicted molar refractivity (Wildman–Crippen MR) is 65.0 cm³/mol. The molecule has 1 rings (SSSR count). The summed E-state index contributed by atoms with van der Waals surface area (Å²) in [7, 11) is 1.66. The monoisotopic (exact) mass is 228 g/mol. The van der Waals surface area contributed by atoms with E-state index in [4.69, 9.17) is 20.6 Å². The molecule has 0 spiro atoms. The number of nitrogens with one attached hydrogen (secondary N) is 1. The Kier molecular flexibility index (Phi) is 6.61. The molecule has 0 aromatic rings. The van der Waals surface area contributed by atoms with Crippen LogP contribution in [0.3, 0.4) is 0 Å². The molecule has 0 aliphatic heterocycles. The first-order chi connectivity index (χ1) is 7.74. The van der Waals surface area contributed by atoms with Gasteiger partial charge in [0, 0.05) is 25.3 Å². The van der Waals surface area contributed by atoms with Crippen molar-refractivity contribution in [2.75, 3.05) is 26.9 Å². The number of hydrogen-bond donors (Lipinski definition) is 2. The van der Waals surface area contributed by atoms with Crippen molar-refractivity contribution in [1.29, 1.82) is 5.41 Å². The van der Waals surface area contributed by atoms with Gasteiger partial charge >= 0.3 is 0 Å². The van der Waals surface area contributed by atoms with E-state index in [0.717, 1.165) is 37.8 Å². The van der Waals surface area contributed by atoms with Crippen LogP contribution in [0.15, 0.2) is 0 Å². The zero-order valence-corrected chi connectivity index (χ0v) is 10.2. The lowest BCUT2D eigenvalue weighted by molar-refractivity contribution is 0.0738. The van der Waals surface area contributed by atoms with Gasteiger partial charge in [-0.1, -0.05) is 0 Å². The maximum Gasteiger partial charge on any atom is 0.0700 e. The molecule has 4 heteroatoms. The Bertz CT molecular complexity index is 201. The highest BCUT2D eigenvalue weighted by Gasteiger charge is 2.21. The van der Waals surface area contributed by atoms with Crippen LogP contribution in [0.2, 0.25) is 0 Å². The minimum atomic E-state index is 0.363. The van der Waals surface area contributed by atoms with Crippen molar-refractivity contribution in [2.45, 2.75) is 38.1 Å². The van der Waals surface area contributed by atoms with Crippen molar-refractivity contribution in [3.05, 3.63) is 0 Å². The smallest absolute Gasteiger partial charge is 0.0700 e. The molecule has 16 heavy (non-hydrogen) atoms. The van der Waals surface area contributed by atoms with Gasteiger partial charge in [-0.2, -0.15) is 0 Å². The summed E-state index contributed by atoms with van der Waals surface area (Å²) in [5.74, 6) is 0.450. The van der Waals surface area contributed by atoms with Gasteiger partial charge in [-0.3, -0.25) is 0 Å². The van der Waals surface area contributed by atoms with Crippen LogP contribution in [-0.4, -0.2) is 38.7 Å². The van der Waals surface area contributed by atoms with Gasteiger partial charge in [-0.25, -0.2) is 0 Å². The zero-order valence-electron chi connectivity index (χ0n) is 10.2. The SMILES string of the molecule is COCCOCCC(=N)C1CCC(N)CC1. The summed E-state index contributed by atoms with van der Waals surface area (Å²) in [4.78, 5) is 0. The Morgan fingerprint density at radius 1 is 1.19 bits per heavy atom. The summed E-state index contributed by atoms with van der Waals surface area (Å²) < 4.78 is 10.3. The quantitative estimate of drug-likeness (QED) is 0.513. The molecule has 0 unspecified atom stereocenters. The van der Waals surface area contributed by atoms with Crippen LogP contribution in [-0.2, 0) is 9.47 Å². The molecule has 1 aliphatic rings. The Labute approximate surface area is 98.0 Å². The van der Waals surface area contributed by atoms with Crippen molar-refractivity contribution < 1.29 is 9.47 Å². The van der Waals surface area contributed by atoms with Crippen LogP contribution in [0.4, 0.5) is 0 Å². The standard InChI is InChI=1S/C12H24N2O2/c1-15-8-9-16-7-6-12(14)10-2-4-11(13)5-3-10/h10-11,14H,2-9,13H2,1H3. The van der Waals surface area contributed by atoms with E-state index >= 15 is 0 Å². The highest BCUT2D eigenvalue weighted by molar-refractivity contribution is 5.83. The van der Waals surface area contributed by atoms with Crippen LogP contribution >= 0.6 is 0 Å². The fraction of sp³-hybridized carbons (Fsp3) is 0.917. The third-order valence-corrected chi connectivity index (χ3v) is 3.21. The lowest BCUT2D eigenvalue weighted by Crippen LogP contribution is -2.30. The molecule has 1 fully saturated rings. The summed E-state index contributed by atoms with van der Waals surface area (Å²) in [6.07, 6.45) is 5.05. The van der Waals surface area contributed by atoms with Crippen LogP contribution in [0.5, 0.6) is 0 Å². The van der Waals surface area contributed by atoms with Gasteiger partial charge in [0.2, 0.25) is 0 Å². The Balaban J connectivity index is 2.06. The first kappa shape index (κ1) is 13.6. The third kappa shape index (κ3) is 5.05. The van der Waals surface area contributed by atoms with Crippen LogP contribution in [0, 0.1) is 11.3 Å². The minimum absolute atomic E-state index is 0.363. The summed E-state index contributed by atoms with van der Waals surface area (Å²) in [6, 6.07) is 0.363. The third-order valence-electron chi connectivity index (χ3n) is 3.21. The Morgan fingerprint density at radius 2 is 1.88 bits per heavy atom. The normalized spacial score (nSPS) is 25.6. The van der Waals surface area contributed by atoms with Gasteiger partial charge in [-0.05, 0) is 31.6 Å². The molecule has 94 valence electrons. The first-order valence-corrected chi connectivity index (χ1v) is 6.13. The molecule has 0 aromatic heterocycles. The van der Waals surface area contributed by atoms with Crippen LogP contribution in [0.1, 0.15) is 32.1 Å². The molecule has 0 radical (unpaired) electrons. The molecule has 4 nitrogen and oxygen atoms in total. The highest BCUT2D eigenvalue weighted by atomic mass is 16.5. The van der Waals surface area contributed by atoms with E-state index in [1.807, 2.05) is 0 Å². The van der Waals surface area contributed by atoms with Crippen LogP contribution < -0.4 is 5.73 Å². The van der Waals surface area contributed by atoms with Crippen LogP contribution in [0.25, 0.3) is 0 Å². The first-order valence-electron chi connectivity index (χ1n) is 6.13. The number of rotatable bonds is 7. The predicted octanol–water partition coefficient (Wildman–Crippen LogP) is 1.58. The van der Waals surface area contributed by atoms with Gasteiger partial charge in [0.05, 0.1) is 19.8 Å². The second-order valence-electron chi connectivity index (χ2n) is 4.49. The summed E-state index contributed by atoms with van der Waals surface area (Å²) in [5, 5.41) is 7.98. The maximum atomic E-state index is 7.98. The molecular formula is C12H24N2O2. The van der Waals surface area contributed by atoms with Gasteiger partial charge in [-0.15, -0.1) is 0 Å². The lowest BCUT2D eigenvalue weighted by Gasteiger charge is -2.26. The van der Waals surface area contributed by atoms with Crippen molar-refractivity contribution >= 4 is 5.71 Å². The minimum Gasteiger partial charge on any atom is -0.382 e. The topological polar surface area (TPSA) is 68.3 Å². The molecule has 0 heterocycles. The van der Waals surface area contributed by atoms with Crippen molar-refractivity contribution in [1.82, 2.24) is 0 Å². The average Bonchev–Trinajstić information content (AvgIpc) is 2.29. The fourth-order valence-electron chi connectivity index (χ4n) is 2.10. The molecule has 1 aliphatic carbocycles. The Morgan fingerprint density at radius 3 is 2.50 bits per heavy atom. The van der Waals surface area contributed by atoms with Gasteiger partial charge in [0.25, 0.3) is 0 Å². The van der Waals surface area contributed by atoms with E-state index in [9.17, 15) is 0 Å². The molecule has 1 saturated carbocycles. The second kappa shape index (κ2) is 7.76. The van der Waals surface area contributed by atoms with E-state index in [1.54, 1.807) is 7.11 Å². The van der Waals surface area contributed by atoms with Gasteiger partial charge in [0.1, 0.15) is 0 Å². The maximum absolute atomic E-state index is 7.98. The van der Waals surface area contributed by atoms with E-state index in [-0.39, 0.29) is 0 Å². The largest absolute Gasteiger partial charge is 0.382 e. The fourth-order valence-corrected chi connectivity index (χ4v) is 2.10. The molecule has 0 aromatic carbocycles. The highest BCUT2D eigenvalue weighted by Crippen LogP contribution is 2.24. The van der Waals surface area contributed by atoms with E-state index < -0.39 is 0 Å². The zero-order chi connectivity index (χ0) is 11.8. The van der Waals surface area contributed by atoms with E-state index in [2.05, 4.69) is 0 Å². The molecule has 0 saturated heterocycles. The van der Waals surface area contributed by atoms with Crippen molar-refractivity contribution in [2.24, 2.45) is 11.7 Å². The van der Waals surface area contributed by atoms with Crippen molar-refractivity contribution in [3.63, 3.8) is 0 Å². The molecule has 0 atom stereocenters. The summed E-state index contributed by atoms with van der Waals surface area (Å²) in [6.45, 7) is 1.90. The molecular weight excluding hydrogens is 204 g/mol. The molecule has 0 amide bonds. The van der Waals surface area contributed by atoms with Gasteiger partial charge in [0.15, 0.2) is 0 Å². The van der Waals surface area contributed by atoms with Gasteiger partial charge < -0.3 is 20.6 Å². The second-order valence-corrected chi connectivity index (χ2v) is 4.49. The number of nitrogens with two attached hydrogens (primary N) is 1. The average molecular weight is 228 g/mol. The number of ether oxygens (including phenoxy) is 2. The summed E-state index contributed by atoms with van der Waals surface area (Å²) >= 11 is 0. The number of hydrogen-bond acceptors (Lipinski definition) is 4. The summed E-state index contributed by atoms with van der Waals surface area (Å²) in [5.41, 5.74) is 6.68. The Hall–Kier alpha value is -0.450. The van der Waals surface area contributed by atoms with Crippen molar-refractivity contribution in [3.8, 4) is 0 Å². The van der Waals surface area contributed by atoms with E-state index in [1.165, 1.54) is 0 Å². The molecule has 0 bridgehead atoms. The number of methoxy groups -OCH3 is 1. The molecule has 3 N–H and O–H groups in total. The van der Waals surface area contributed by atoms with E-state index in [0.29, 0.717) is 31.8 Å².